The average Bonchev–Trinajstić information content (AvgIpc) is 3.37. The molecule has 3 heterocycles. The lowest BCUT2D eigenvalue weighted by Crippen LogP contribution is -2.42. The fourth-order valence-electron chi connectivity index (χ4n) is 2.96. The van der Waals surface area contributed by atoms with Gasteiger partial charge in [0.05, 0.1) is 12.0 Å². The van der Waals surface area contributed by atoms with Gasteiger partial charge in [-0.2, -0.15) is 0 Å². The highest BCUT2D eigenvalue weighted by atomic mass is 32.2. The summed E-state index contributed by atoms with van der Waals surface area (Å²) in [5.74, 6) is 0.489. The van der Waals surface area contributed by atoms with E-state index in [0.29, 0.717) is 36.3 Å². The number of thioether (sulfide) groups is 1. The second kappa shape index (κ2) is 8.52. The van der Waals surface area contributed by atoms with Crippen LogP contribution >= 0.6 is 11.8 Å². The van der Waals surface area contributed by atoms with Gasteiger partial charge in [0, 0.05) is 20.1 Å². The van der Waals surface area contributed by atoms with Gasteiger partial charge in [-0.25, -0.2) is 4.79 Å². The normalized spacial score (nSPS) is 11.1. The Hall–Kier alpha value is -3.08. The lowest BCUT2D eigenvalue weighted by molar-refractivity contribution is 0.102. The molecular weight excluding hydrogens is 396 g/mol. The largest absolute Gasteiger partial charge is 0.461 e. The Labute approximate surface area is 170 Å². The molecular formula is C18H22N6O4S. The van der Waals surface area contributed by atoms with Gasteiger partial charge >= 0.3 is 5.69 Å². The minimum absolute atomic E-state index is 0.0694. The van der Waals surface area contributed by atoms with Crippen molar-refractivity contribution >= 4 is 23.4 Å². The molecule has 11 heteroatoms. The van der Waals surface area contributed by atoms with Crippen molar-refractivity contribution in [2.24, 2.45) is 7.05 Å². The molecule has 3 rings (SSSR count). The van der Waals surface area contributed by atoms with Crippen LogP contribution in [-0.4, -0.2) is 35.4 Å². The molecule has 0 aliphatic carbocycles. The number of hydrogen-bond acceptors (Lipinski definition) is 8. The minimum atomic E-state index is -0.696. The summed E-state index contributed by atoms with van der Waals surface area (Å²) < 4.78 is 9.35. The van der Waals surface area contributed by atoms with Gasteiger partial charge in [0.2, 0.25) is 0 Å². The van der Waals surface area contributed by atoms with Crippen molar-refractivity contribution in [2.75, 3.05) is 11.5 Å². The second-order valence-electron chi connectivity index (χ2n) is 6.30. The molecule has 0 spiro atoms. The van der Waals surface area contributed by atoms with Crippen LogP contribution in [0.25, 0.3) is 11.6 Å². The van der Waals surface area contributed by atoms with E-state index in [1.165, 1.54) is 11.6 Å². The molecule has 0 fully saturated rings. The number of rotatable bonds is 8. The third kappa shape index (κ3) is 3.77. The molecule has 0 saturated carbocycles. The summed E-state index contributed by atoms with van der Waals surface area (Å²) in [7, 11) is 1.34. The van der Waals surface area contributed by atoms with Gasteiger partial charge in [-0.1, -0.05) is 18.7 Å². The van der Waals surface area contributed by atoms with Crippen molar-refractivity contribution in [3.8, 4) is 11.6 Å². The number of nitrogen functional groups attached to an aromatic ring is 1. The smallest absolute Gasteiger partial charge is 0.332 e. The Balaban J connectivity index is 1.89. The van der Waals surface area contributed by atoms with Crippen molar-refractivity contribution in [1.29, 1.82) is 0 Å². The van der Waals surface area contributed by atoms with E-state index in [1.54, 1.807) is 18.4 Å². The lowest BCUT2D eigenvalue weighted by atomic mass is 10.2. The number of nitrogens with zero attached hydrogens (tertiary/aromatic N) is 5. The first-order valence-corrected chi connectivity index (χ1v) is 10.1. The van der Waals surface area contributed by atoms with Crippen LogP contribution in [0.3, 0.4) is 0 Å². The first-order chi connectivity index (χ1) is 13.9. The summed E-state index contributed by atoms with van der Waals surface area (Å²) in [6, 6.07) is 3.53. The molecule has 0 atom stereocenters. The minimum Gasteiger partial charge on any atom is -0.461 e. The molecule has 0 aliphatic heterocycles. The number of nitrogens with two attached hydrogens (primary N) is 1. The zero-order valence-corrected chi connectivity index (χ0v) is 17.2. The molecule has 3 aromatic heterocycles. The molecule has 0 amide bonds. The van der Waals surface area contributed by atoms with E-state index in [0.717, 1.165) is 16.3 Å². The average molecular weight is 418 g/mol. The maximum atomic E-state index is 12.8. The van der Waals surface area contributed by atoms with Gasteiger partial charge in [-0.15, -0.1) is 10.2 Å². The monoisotopic (exact) mass is 418 g/mol. The highest BCUT2D eigenvalue weighted by molar-refractivity contribution is 7.99. The summed E-state index contributed by atoms with van der Waals surface area (Å²) in [5.41, 5.74) is 4.60. The molecule has 0 aromatic carbocycles. The number of Topliss-reactive ketones (excluding diaryl/α,β-unsaturated/α-hetero) is 1. The van der Waals surface area contributed by atoms with Gasteiger partial charge in [-0.3, -0.25) is 23.3 Å². The first-order valence-electron chi connectivity index (χ1n) is 9.13. The number of carbonyl (C=O) groups is 1. The lowest BCUT2D eigenvalue weighted by Gasteiger charge is -2.13. The molecule has 0 saturated heterocycles. The fraction of sp³-hybridized carbons (Fsp3) is 0.389. The van der Waals surface area contributed by atoms with Crippen LogP contribution in [0.4, 0.5) is 5.82 Å². The highest BCUT2D eigenvalue weighted by Crippen LogP contribution is 2.25. The van der Waals surface area contributed by atoms with Crippen LogP contribution in [0.2, 0.25) is 0 Å². The van der Waals surface area contributed by atoms with Crippen LogP contribution < -0.4 is 17.0 Å². The van der Waals surface area contributed by atoms with Crippen molar-refractivity contribution in [3.05, 3.63) is 44.8 Å². The van der Waals surface area contributed by atoms with Crippen molar-refractivity contribution in [3.63, 3.8) is 0 Å². The van der Waals surface area contributed by atoms with E-state index in [-0.39, 0.29) is 17.1 Å². The van der Waals surface area contributed by atoms with Gasteiger partial charge in [0.15, 0.2) is 22.5 Å². The number of furan rings is 1. The number of aromatic nitrogens is 5. The predicted molar refractivity (Wildman–Crippen MR) is 109 cm³/mol. The zero-order valence-electron chi connectivity index (χ0n) is 16.4. The van der Waals surface area contributed by atoms with E-state index in [9.17, 15) is 14.4 Å². The molecule has 3 aromatic rings. The molecule has 0 radical (unpaired) electrons. The molecule has 2 N–H and O–H groups in total. The molecule has 10 nitrogen and oxygen atoms in total. The van der Waals surface area contributed by atoms with Crippen LogP contribution in [0.5, 0.6) is 0 Å². The van der Waals surface area contributed by atoms with E-state index >= 15 is 0 Å². The Morgan fingerprint density at radius 3 is 2.62 bits per heavy atom. The second-order valence-corrected chi connectivity index (χ2v) is 7.24. The SMILES string of the molecule is CCCn1c(N)c(C(=O)CSc2nnc(-c3ccco3)n2CC)c(=O)n(C)c1=O. The van der Waals surface area contributed by atoms with Crippen LogP contribution in [0.15, 0.2) is 37.6 Å². The fourth-order valence-corrected chi connectivity index (χ4v) is 3.83. The maximum Gasteiger partial charge on any atom is 0.332 e. The third-order valence-electron chi connectivity index (χ3n) is 4.42. The van der Waals surface area contributed by atoms with E-state index in [2.05, 4.69) is 10.2 Å². The van der Waals surface area contributed by atoms with Gasteiger partial charge in [-0.05, 0) is 25.5 Å². The van der Waals surface area contributed by atoms with Crippen molar-refractivity contribution in [1.82, 2.24) is 23.9 Å². The summed E-state index contributed by atoms with van der Waals surface area (Å²) in [6.45, 7) is 4.70. The Bertz CT molecular complexity index is 1140. The van der Waals surface area contributed by atoms with Gasteiger partial charge < -0.3 is 10.2 Å². The Morgan fingerprint density at radius 1 is 1.24 bits per heavy atom. The van der Waals surface area contributed by atoms with Crippen LogP contribution in [0.1, 0.15) is 30.6 Å². The Morgan fingerprint density at radius 2 is 2.00 bits per heavy atom. The number of ketones is 1. The van der Waals surface area contributed by atoms with Crippen molar-refractivity contribution in [2.45, 2.75) is 38.5 Å². The highest BCUT2D eigenvalue weighted by Gasteiger charge is 2.23. The molecule has 154 valence electrons. The summed E-state index contributed by atoms with van der Waals surface area (Å²) in [5, 5.41) is 8.77. The Kier molecular flexibility index (Phi) is 6.06. The van der Waals surface area contributed by atoms with Crippen molar-refractivity contribution < 1.29 is 9.21 Å². The summed E-state index contributed by atoms with van der Waals surface area (Å²) in [6.07, 6.45) is 2.18. The third-order valence-corrected chi connectivity index (χ3v) is 5.38. The zero-order chi connectivity index (χ0) is 21.1. The van der Waals surface area contributed by atoms with Crippen LogP contribution in [0, 0.1) is 0 Å². The molecule has 29 heavy (non-hydrogen) atoms. The van der Waals surface area contributed by atoms with E-state index in [1.807, 2.05) is 18.4 Å². The standard InChI is InChI=1S/C18H22N6O4S/c1-4-8-24-14(19)13(16(26)22(3)18(24)27)11(25)10-29-17-21-20-15(23(17)5-2)12-7-6-9-28-12/h6-7,9H,4-5,8,10,19H2,1-3H3. The molecule has 0 unspecified atom stereocenters. The summed E-state index contributed by atoms with van der Waals surface area (Å²) >= 11 is 1.15. The van der Waals surface area contributed by atoms with Crippen LogP contribution in [-0.2, 0) is 20.1 Å². The molecule has 0 bridgehead atoms. The van der Waals surface area contributed by atoms with E-state index < -0.39 is 17.0 Å². The quantitative estimate of drug-likeness (QED) is 0.429. The van der Waals surface area contributed by atoms with E-state index in [4.69, 9.17) is 10.2 Å². The van der Waals surface area contributed by atoms with Gasteiger partial charge in [0.25, 0.3) is 5.56 Å². The van der Waals surface area contributed by atoms with Gasteiger partial charge in [0.1, 0.15) is 11.4 Å². The number of anilines is 1. The summed E-state index contributed by atoms with van der Waals surface area (Å²) in [4.78, 5) is 37.6. The molecule has 0 aliphatic rings. The topological polar surface area (TPSA) is 131 Å². The first kappa shape index (κ1) is 20.6. The number of hydrogen-bond donors (Lipinski definition) is 1. The predicted octanol–water partition coefficient (Wildman–Crippen LogP) is 1.39. The number of carbonyl (C=O) groups excluding carboxylic acids is 1. The maximum absolute atomic E-state index is 12.8.